The number of rotatable bonds is 6. The fourth-order valence-corrected chi connectivity index (χ4v) is 7.26. The summed E-state index contributed by atoms with van der Waals surface area (Å²) in [6.07, 6.45) is 3.02. The van der Waals surface area contributed by atoms with Crippen LogP contribution in [0.1, 0.15) is 57.5 Å². The second-order valence-electron chi connectivity index (χ2n) is 8.83. The molecule has 0 spiro atoms. The summed E-state index contributed by atoms with van der Waals surface area (Å²) >= 11 is 4.42. The monoisotopic (exact) mass is 520 g/mol. The molecular weight excluding hydrogens is 500 g/mol. The number of hydrogen-bond acceptors (Lipinski definition) is 7. The zero-order chi connectivity index (χ0) is 24.0. The number of aromatic nitrogens is 1. The number of carboxylic acid groups (broad SMARTS) is 1. The fourth-order valence-electron chi connectivity index (χ4n) is 3.95. The van der Waals surface area contributed by atoms with Crippen molar-refractivity contribution >= 4 is 61.4 Å². The number of carboxylic acids is 1. The number of anilines is 1. The van der Waals surface area contributed by atoms with Gasteiger partial charge in [-0.25, -0.2) is 4.79 Å². The van der Waals surface area contributed by atoms with Crippen molar-refractivity contribution in [2.75, 3.05) is 5.32 Å². The van der Waals surface area contributed by atoms with Gasteiger partial charge in [-0.1, -0.05) is 30.3 Å². The van der Waals surface area contributed by atoms with Crippen LogP contribution in [0, 0.1) is 11.8 Å². The lowest BCUT2D eigenvalue weighted by Crippen LogP contribution is -2.17. The summed E-state index contributed by atoms with van der Waals surface area (Å²) in [5.41, 5.74) is 1.79. The molecule has 176 valence electrons. The average Bonchev–Trinajstić information content (AvgIpc) is 3.75. The molecule has 4 aromatic rings. The number of fused-ring (bicyclic) bond motifs is 1. The minimum Gasteiger partial charge on any atom is -0.481 e. The quantitative estimate of drug-likeness (QED) is 0.281. The van der Waals surface area contributed by atoms with Crippen molar-refractivity contribution in [3.8, 4) is 11.8 Å². The first-order valence-electron chi connectivity index (χ1n) is 11.3. The Balaban J connectivity index is 1.20. The molecule has 3 heterocycles. The SMILES string of the molecule is O=C(Nc1c(C2CC2)nsc1C#Cc1cc2cc(C3(C(=O)O)CC3)sc2s1)OCc1ccccc1. The molecule has 2 fully saturated rings. The lowest BCUT2D eigenvalue weighted by Gasteiger charge is -2.07. The standard InChI is InChI=1S/C26H20N2O4S3/c29-24(30)26(10-11-26)20-13-17-12-18(33-23(17)34-20)8-9-19-22(21(28-35-19)16-6-7-16)27-25(31)32-14-15-4-2-1-3-5-15/h1-5,12-13,16H,6-7,10-11,14H2,(H,27,31)(H,29,30). The van der Waals surface area contributed by atoms with Crippen LogP contribution in [0.3, 0.4) is 0 Å². The molecule has 0 saturated heterocycles. The highest BCUT2D eigenvalue weighted by atomic mass is 32.2. The summed E-state index contributed by atoms with van der Waals surface area (Å²) in [6, 6.07) is 13.6. The molecule has 6 rings (SSSR count). The topological polar surface area (TPSA) is 88.5 Å². The smallest absolute Gasteiger partial charge is 0.412 e. The van der Waals surface area contributed by atoms with E-state index >= 15 is 0 Å². The van der Waals surface area contributed by atoms with Gasteiger partial charge in [0.05, 0.1) is 20.3 Å². The van der Waals surface area contributed by atoms with Gasteiger partial charge in [-0.2, -0.15) is 4.37 Å². The maximum absolute atomic E-state index is 12.5. The number of nitrogens with zero attached hydrogens (tertiary/aromatic N) is 1. The molecule has 2 aliphatic carbocycles. The van der Waals surface area contributed by atoms with E-state index in [0.717, 1.165) is 43.3 Å². The van der Waals surface area contributed by atoms with E-state index in [0.29, 0.717) is 29.3 Å². The van der Waals surface area contributed by atoms with Crippen LogP contribution < -0.4 is 5.32 Å². The molecule has 1 amide bonds. The van der Waals surface area contributed by atoms with E-state index in [9.17, 15) is 14.7 Å². The third-order valence-electron chi connectivity index (χ3n) is 6.27. The molecule has 6 nitrogen and oxygen atoms in total. The highest BCUT2D eigenvalue weighted by Crippen LogP contribution is 2.52. The van der Waals surface area contributed by atoms with Crippen molar-refractivity contribution in [2.45, 2.75) is 43.6 Å². The number of thiophene rings is 2. The number of ether oxygens (including phenoxy) is 1. The lowest BCUT2D eigenvalue weighted by atomic mass is 10.1. The summed E-state index contributed by atoms with van der Waals surface area (Å²) < 4.78 is 11.1. The van der Waals surface area contributed by atoms with Crippen molar-refractivity contribution in [2.24, 2.45) is 0 Å². The third-order valence-corrected chi connectivity index (χ3v) is 9.55. The predicted molar refractivity (Wildman–Crippen MR) is 139 cm³/mol. The molecule has 1 aromatic carbocycles. The molecule has 2 N–H and O–H groups in total. The van der Waals surface area contributed by atoms with Gasteiger partial charge in [0, 0.05) is 16.2 Å². The highest BCUT2D eigenvalue weighted by Gasteiger charge is 2.53. The predicted octanol–water partition coefficient (Wildman–Crippen LogP) is 6.56. The maximum Gasteiger partial charge on any atom is 0.412 e. The van der Waals surface area contributed by atoms with Crippen LogP contribution >= 0.6 is 34.2 Å². The molecule has 0 aliphatic heterocycles. The Hall–Kier alpha value is -3.19. The number of carbonyl (C=O) groups is 2. The molecule has 3 aromatic heterocycles. The van der Waals surface area contributed by atoms with Crippen LogP contribution in [0.4, 0.5) is 10.5 Å². The molecule has 2 saturated carbocycles. The van der Waals surface area contributed by atoms with E-state index in [-0.39, 0.29) is 6.61 Å². The van der Waals surface area contributed by atoms with Gasteiger partial charge in [0.15, 0.2) is 0 Å². The summed E-state index contributed by atoms with van der Waals surface area (Å²) in [4.78, 5) is 26.7. The lowest BCUT2D eigenvalue weighted by molar-refractivity contribution is -0.139. The molecular formula is C26H20N2O4S3. The van der Waals surface area contributed by atoms with Gasteiger partial charge in [-0.3, -0.25) is 10.1 Å². The normalized spacial score (nSPS) is 15.9. The third kappa shape index (κ3) is 4.45. The second-order valence-corrected chi connectivity index (χ2v) is 12.0. The molecule has 2 aliphatic rings. The summed E-state index contributed by atoms with van der Waals surface area (Å²) in [5.74, 6) is 6.04. The van der Waals surface area contributed by atoms with Crippen molar-refractivity contribution in [1.29, 1.82) is 0 Å². The van der Waals surface area contributed by atoms with Crippen LogP contribution in [0.15, 0.2) is 42.5 Å². The van der Waals surface area contributed by atoms with E-state index in [1.54, 1.807) is 22.7 Å². The Labute approximate surface area is 213 Å². The number of amides is 1. The van der Waals surface area contributed by atoms with Gasteiger partial charge in [0.2, 0.25) is 0 Å². The zero-order valence-electron chi connectivity index (χ0n) is 18.5. The Morgan fingerprint density at radius 3 is 2.63 bits per heavy atom. The number of aliphatic carboxylic acids is 1. The van der Waals surface area contributed by atoms with Crippen molar-refractivity contribution in [3.63, 3.8) is 0 Å². The number of benzene rings is 1. The first-order valence-corrected chi connectivity index (χ1v) is 13.7. The Morgan fingerprint density at radius 2 is 1.94 bits per heavy atom. The second kappa shape index (κ2) is 8.79. The first kappa shape index (κ1) is 22.3. The van der Waals surface area contributed by atoms with E-state index < -0.39 is 17.5 Å². The van der Waals surface area contributed by atoms with Crippen molar-refractivity contribution in [3.05, 3.63) is 68.4 Å². The van der Waals surface area contributed by atoms with Crippen molar-refractivity contribution < 1.29 is 19.4 Å². The minimum atomic E-state index is -0.731. The van der Waals surface area contributed by atoms with Crippen LogP contribution in [0.2, 0.25) is 0 Å². The fraction of sp³-hybridized carbons (Fsp3) is 0.269. The summed E-state index contributed by atoms with van der Waals surface area (Å²) in [5, 5.41) is 13.5. The van der Waals surface area contributed by atoms with E-state index in [2.05, 4.69) is 21.5 Å². The Morgan fingerprint density at radius 1 is 1.14 bits per heavy atom. The maximum atomic E-state index is 12.5. The van der Waals surface area contributed by atoms with Gasteiger partial charge in [-0.05, 0) is 66.8 Å². The molecule has 35 heavy (non-hydrogen) atoms. The number of carbonyl (C=O) groups excluding carboxylic acids is 1. The van der Waals surface area contributed by atoms with Gasteiger partial charge < -0.3 is 9.84 Å². The highest BCUT2D eigenvalue weighted by molar-refractivity contribution is 7.38. The van der Waals surface area contributed by atoms with E-state index in [4.69, 9.17) is 4.74 Å². The minimum absolute atomic E-state index is 0.196. The largest absolute Gasteiger partial charge is 0.481 e. The number of nitrogens with one attached hydrogen (secondary N) is 1. The van der Waals surface area contributed by atoms with Gasteiger partial charge >= 0.3 is 12.1 Å². The van der Waals surface area contributed by atoms with Crippen LogP contribution in [-0.4, -0.2) is 21.5 Å². The number of hydrogen-bond donors (Lipinski definition) is 2. The van der Waals surface area contributed by atoms with Gasteiger partial charge in [0.25, 0.3) is 0 Å². The Bertz CT molecular complexity index is 1470. The molecule has 9 heteroatoms. The summed E-state index contributed by atoms with van der Waals surface area (Å²) in [7, 11) is 0. The van der Waals surface area contributed by atoms with Crippen LogP contribution in [0.25, 0.3) is 9.40 Å². The van der Waals surface area contributed by atoms with E-state index in [1.165, 1.54) is 11.5 Å². The van der Waals surface area contributed by atoms with Gasteiger partial charge in [0.1, 0.15) is 16.9 Å². The molecule has 0 atom stereocenters. The van der Waals surface area contributed by atoms with Crippen molar-refractivity contribution in [1.82, 2.24) is 4.37 Å². The van der Waals surface area contributed by atoms with Gasteiger partial charge in [-0.15, -0.1) is 22.7 Å². The summed E-state index contributed by atoms with van der Waals surface area (Å²) in [6.45, 7) is 0.196. The Kier molecular flexibility index (Phi) is 5.60. The molecule has 0 radical (unpaired) electrons. The average molecular weight is 521 g/mol. The molecule has 0 bridgehead atoms. The first-order chi connectivity index (χ1) is 17.0. The van der Waals surface area contributed by atoms with Crippen LogP contribution in [-0.2, 0) is 21.6 Å². The molecule has 0 unspecified atom stereocenters. The van der Waals surface area contributed by atoms with Crippen LogP contribution in [0.5, 0.6) is 0 Å². The zero-order valence-corrected chi connectivity index (χ0v) is 20.9. The van der Waals surface area contributed by atoms with E-state index in [1.807, 2.05) is 42.5 Å².